The van der Waals surface area contributed by atoms with E-state index in [1.165, 1.54) is 31.7 Å². The van der Waals surface area contributed by atoms with Crippen molar-refractivity contribution in [2.75, 3.05) is 18.5 Å². The highest BCUT2D eigenvalue weighted by molar-refractivity contribution is 5.83. The summed E-state index contributed by atoms with van der Waals surface area (Å²) < 4.78 is 23.3. The zero-order valence-corrected chi connectivity index (χ0v) is 18.6. The molecule has 3 rings (SSSR count). The summed E-state index contributed by atoms with van der Waals surface area (Å²) in [7, 11) is 0. The van der Waals surface area contributed by atoms with Crippen LogP contribution in [0.5, 0.6) is 0 Å². The molecule has 1 N–H and O–H groups in total. The number of anilines is 1. The van der Waals surface area contributed by atoms with E-state index in [1.807, 2.05) is 13.0 Å². The largest absolute Gasteiger partial charge is 0.463 e. The molecule has 3 heterocycles. The number of nitrogens with zero attached hydrogens (tertiary/aromatic N) is 5. The Hall–Kier alpha value is -3.79. The summed E-state index contributed by atoms with van der Waals surface area (Å²) in [5.74, 6) is -1.56. The molecule has 0 amide bonds. The third-order valence-electron chi connectivity index (χ3n) is 4.68. The van der Waals surface area contributed by atoms with Crippen molar-refractivity contribution in [2.24, 2.45) is 0 Å². The van der Waals surface area contributed by atoms with Crippen molar-refractivity contribution >= 4 is 34.9 Å². The Kier molecular flexibility index (Phi) is 7.39. The predicted molar refractivity (Wildman–Crippen MR) is 110 cm³/mol. The zero-order chi connectivity index (χ0) is 24.1. The number of nitrogens with one attached hydrogen (secondary N) is 1. The third kappa shape index (κ3) is 5.35. The molecule has 176 valence electrons. The number of imidazole rings is 1. The summed E-state index contributed by atoms with van der Waals surface area (Å²) in [6.45, 7) is 5.96. The molecule has 1 saturated heterocycles. The first kappa shape index (κ1) is 23.9. The molecule has 2 aromatic rings. The number of carbonyl (C=O) groups is 3. The first-order valence-electron chi connectivity index (χ1n) is 10.3. The van der Waals surface area contributed by atoms with Crippen LogP contribution < -0.4 is 5.32 Å². The van der Waals surface area contributed by atoms with Gasteiger partial charge in [-0.2, -0.15) is 15.2 Å². The van der Waals surface area contributed by atoms with Gasteiger partial charge in [0.2, 0.25) is 5.82 Å². The number of hydrogen-bond acceptors (Lipinski definition) is 12. The summed E-state index contributed by atoms with van der Waals surface area (Å²) in [5, 5.41) is 12.5. The van der Waals surface area contributed by atoms with Gasteiger partial charge in [0.05, 0.1) is 6.33 Å². The van der Waals surface area contributed by atoms with Crippen LogP contribution in [-0.4, -0.2) is 68.9 Å². The Morgan fingerprint density at radius 1 is 1.15 bits per heavy atom. The van der Waals surface area contributed by atoms with Crippen molar-refractivity contribution in [3.63, 3.8) is 0 Å². The first-order chi connectivity index (χ1) is 15.7. The fourth-order valence-electron chi connectivity index (χ4n) is 3.44. The van der Waals surface area contributed by atoms with E-state index in [2.05, 4.69) is 20.3 Å². The van der Waals surface area contributed by atoms with Crippen LogP contribution in [0.1, 0.15) is 46.2 Å². The van der Waals surface area contributed by atoms with Gasteiger partial charge >= 0.3 is 17.9 Å². The van der Waals surface area contributed by atoms with E-state index < -0.39 is 42.4 Å². The standard InChI is InChI=1S/C20H24N6O7/c1-5-6-22-18-15-19(25-14(7-21)24-18)26(9-23-15)20-17(32-12(4)29)16(31-11(3)28)13(33-20)8-30-10(2)27/h9,13,16-17,20H,5-6,8H2,1-4H3,(H,22,24,25)/t13-,16-,17-,20-/m1/s1. The monoisotopic (exact) mass is 460 g/mol. The first-order valence-corrected chi connectivity index (χ1v) is 10.3. The summed E-state index contributed by atoms with van der Waals surface area (Å²) in [4.78, 5) is 47.7. The van der Waals surface area contributed by atoms with Crippen LogP contribution in [0.4, 0.5) is 5.82 Å². The van der Waals surface area contributed by atoms with Gasteiger partial charge in [-0.1, -0.05) is 6.92 Å². The normalized spacial score (nSPS) is 21.9. The molecule has 0 unspecified atom stereocenters. The number of rotatable bonds is 8. The molecular weight excluding hydrogens is 436 g/mol. The van der Waals surface area contributed by atoms with Crippen molar-refractivity contribution in [2.45, 2.75) is 58.7 Å². The second-order valence-corrected chi connectivity index (χ2v) is 7.27. The van der Waals surface area contributed by atoms with E-state index >= 15 is 0 Å². The number of hydrogen-bond donors (Lipinski definition) is 1. The van der Waals surface area contributed by atoms with Crippen molar-refractivity contribution in [1.29, 1.82) is 5.26 Å². The fourth-order valence-corrected chi connectivity index (χ4v) is 3.44. The molecule has 13 heteroatoms. The maximum absolute atomic E-state index is 11.8. The van der Waals surface area contributed by atoms with E-state index in [1.54, 1.807) is 0 Å². The Morgan fingerprint density at radius 2 is 1.85 bits per heavy atom. The Labute approximate surface area is 189 Å². The van der Waals surface area contributed by atoms with E-state index in [-0.39, 0.29) is 18.1 Å². The second kappa shape index (κ2) is 10.2. The highest BCUT2D eigenvalue weighted by atomic mass is 16.7. The minimum atomic E-state index is -1.10. The molecule has 0 aliphatic carbocycles. The molecule has 0 bridgehead atoms. The van der Waals surface area contributed by atoms with Crippen molar-refractivity contribution in [3.05, 3.63) is 12.2 Å². The molecule has 0 spiro atoms. The number of carbonyl (C=O) groups excluding carboxylic acids is 3. The molecule has 0 aromatic carbocycles. The number of aromatic nitrogens is 4. The van der Waals surface area contributed by atoms with Crippen LogP contribution in [0.15, 0.2) is 6.33 Å². The lowest BCUT2D eigenvalue weighted by molar-refractivity contribution is -0.166. The average molecular weight is 460 g/mol. The number of esters is 3. The minimum Gasteiger partial charge on any atom is -0.463 e. The van der Waals surface area contributed by atoms with Gasteiger partial charge in [-0.3, -0.25) is 19.0 Å². The van der Waals surface area contributed by atoms with Crippen molar-refractivity contribution in [3.8, 4) is 6.07 Å². The molecule has 33 heavy (non-hydrogen) atoms. The van der Waals surface area contributed by atoms with Gasteiger partial charge in [0.25, 0.3) is 0 Å². The SMILES string of the molecule is CCCNc1nc(C#N)nc2c1ncn2[C@@H]1O[C@H](COC(C)=O)[C@@H](OC(C)=O)[C@H]1OC(C)=O. The topological polar surface area (TPSA) is 168 Å². The Morgan fingerprint density at radius 3 is 2.45 bits per heavy atom. The summed E-state index contributed by atoms with van der Waals surface area (Å²) in [5.41, 5.74) is 0.622. The van der Waals surface area contributed by atoms with E-state index in [0.29, 0.717) is 17.9 Å². The van der Waals surface area contributed by atoms with Gasteiger partial charge in [-0.05, 0) is 6.42 Å². The minimum absolute atomic E-state index is 0.0992. The van der Waals surface area contributed by atoms with Gasteiger partial charge < -0.3 is 24.3 Å². The van der Waals surface area contributed by atoms with Crippen LogP contribution >= 0.6 is 0 Å². The molecule has 1 fully saturated rings. The van der Waals surface area contributed by atoms with Gasteiger partial charge in [-0.25, -0.2) is 4.98 Å². The lowest BCUT2D eigenvalue weighted by Crippen LogP contribution is -2.40. The molecule has 1 aliphatic heterocycles. The Bertz CT molecular complexity index is 1090. The lowest BCUT2D eigenvalue weighted by Gasteiger charge is -2.23. The molecule has 1 aliphatic rings. The molecule has 13 nitrogen and oxygen atoms in total. The zero-order valence-electron chi connectivity index (χ0n) is 18.6. The highest BCUT2D eigenvalue weighted by Gasteiger charge is 2.51. The number of nitriles is 1. The van der Waals surface area contributed by atoms with E-state index in [9.17, 15) is 19.6 Å². The smallest absolute Gasteiger partial charge is 0.303 e. The van der Waals surface area contributed by atoms with Crippen LogP contribution in [-0.2, 0) is 33.3 Å². The third-order valence-corrected chi connectivity index (χ3v) is 4.68. The van der Waals surface area contributed by atoms with Gasteiger partial charge in [0, 0.05) is 27.3 Å². The molecule has 0 radical (unpaired) electrons. The van der Waals surface area contributed by atoms with Gasteiger partial charge in [0.15, 0.2) is 35.4 Å². The van der Waals surface area contributed by atoms with Crippen molar-refractivity contribution in [1.82, 2.24) is 19.5 Å². The van der Waals surface area contributed by atoms with Crippen LogP contribution in [0.25, 0.3) is 11.2 Å². The summed E-state index contributed by atoms with van der Waals surface area (Å²) in [6, 6.07) is 1.91. The molecule has 2 aromatic heterocycles. The van der Waals surface area contributed by atoms with E-state index in [0.717, 1.165) is 6.42 Å². The maximum Gasteiger partial charge on any atom is 0.303 e. The van der Waals surface area contributed by atoms with Crippen LogP contribution in [0.2, 0.25) is 0 Å². The quantitative estimate of drug-likeness (QED) is 0.436. The second-order valence-electron chi connectivity index (χ2n) is 7.27. The maximum atomic E-state index is 11.8. The predicted octanol–water partition coefficient (Wildman–Crippen LogP) is 0.844. The summed E-state index contributed by atoms with van der Waals surface area (Å²) >= 11 is 0. The summed E-state index contributed by atoms with van der Waals surface area (Å²) in [6.07, 6.45) is -1.92. The Balaban J connectivity index is 2.07. The fraction of sp³-hybridized carbons (Fsp3) is 0.550. The van der Waals surface area contributed by atoms with Crippen LogP contribution in [0.3, 0.4) is 0 Å². The lowest BCUT2D eigenvalue weighted by atomic mass is 10.1. The highest BCUT2D eigenvalue weighted by Crippen LogP contribution is 2.36. The average Bonchev–Trinajstić information content (AvgIpc) is 3.31. The molecule has 0 saturated carbocycles. The van der Waals surface area contributed by atoms with Gasteiger partial charge in [0.1, 0.15) is 18.8 Å². The number of fused-ring (bicyclic) bond motifs is 1. The van der Waals surface area contributed by atoms with E-state index in [4.69, 9.17) is 18.9 Å². The number of ether oxygens (including phenoxy) is 4. The molecular formula is C20H24N6O7. The van der Waals surface area contributed by atoms with Gasteiger partial charge in [-0.15, -0.1) is 0 Å². The van der Waals surface area contributed by atoms with Crippen LogP contribution in [0, 0.1) is 11.3 Å². The van der Waals surface area contributed by atoms with Crippen molar-refractivity contribution < 1.29 is 33.3 Å². The molecule has 4 atom stereocenters.